The number of hydrogen-bond acceptors (Lipinski definition) is 1. The maximum atomic E-state index is 12.9. The molecular formula is C11H8FNO2. The predicted octanol–water partition coefficient (Wildman–Crippen LogP) is 2.52. The van der Waals surface area contributed by atoms with Gasteiger partial charge in [-0.25, -0.2) is 9.18 Å². The second-order valence-corrected chi connectivity index (χ2v) is 3.10. The van der Waals surface area contributed by atoms with E-state index in [1.165, 1.54) is 24.5 Å². The Balaban J connectivity index is 2.54. The van der Waals surface area contributed by atoms with Crippen LogP contribution in [0.1, 0.15) is 10.4 Å². The van der Waals surface area contributed by atoms with E-state index in [1.807, 2.05) is 0 Å². The number of rotatable bonds is 2. The molecule has 2 rings (SSSR count). The lowest BCUT2D eigenvalue weighted by Crippen LogP contribution is -1.95. The molecule has 0 unspecified atom stereocenters. The van der Waals surface area contributed by atoms with Gasteiger partial charge in [0, 0.05) is 18.0 Å². The predicted molar refractivity (Wildman–Crippen MR) is 53.1 cm³/mol. The maximum Gasteiger partial charge on any atom is 0.337 e. The van der Waals surface area contributed by atoms with E-state index in [-0.39, 0.29) is 11.4 Å². The lowest BCUT2D eigenvalue weighted by molar-refractivity contribution is 0.0698. The van der Waals surface area contributed by atoms with Crippen molar-refractivity contribution in [2.24, 2.45) is 0 Å². The molecule has 0 amide bonds. The van der Waals surface area contributed by atoms with Crippen LogP contribution in [0.15, 0.2) is 36.7 Å². The van der Waals surface area contributed by atoms with Gasteiger partial charge >= 0.3 is 5.97 Å². The molecule has 15 heavy (non-hydrogen) atoms. The first-order valence-corrected chi connectivity index (χ1v) is 4.34. The lowest BCUT2D eigenvalue weighted by Gasteiger charge is -1.99. The monoisotopic (exact) mass is 205 g/mol. The molecule has 0 bridgehead atoms. The molecule has 1 aromatic heterocycles. The Kier molecular flexibility index (Phi) is 2.25. The number of aromatic carboxylic acids is 1. The van der Waals surface area contributed by atoms with Gasteiger partial charge in [0.2, 0.25) is 0 Å². The second-order valence-electron chi connectivity index (χ2n) is 3.10. The van der Waals surface area contributed by atoms with Gasteiger partial charge in [-0.05, 0) is 17.7 Å². The molecule has 1 aromatic carbocycles. The Morgan fingerprint density at radius 1 is 1.33 bits per heavy atom. The highest BCUT2D eigenvalue weighted by atomic mass is 19.1. The van der Waals surface area contributed by atoms with Crippen molar-refractivity contribution in [3.63, 3.8) is 0 Å². The van der Waals surface area contributed by atoms with E-state index in [9.17, 15) is 9.18 Å². The van der Waals surface area contributed by atoms with Crippen molar-refractivity contribution in [2.45, 2.75) is 0 Å². The third-order valence-corrected chi connectivity index (χ3v) is 2.11. The van der Waals surface area contributed by atoms with E-state index in [0.29, 0.717) is 11.1 Å². The summed E-state index contributed by atoms with van der Waals surface area (Å²) in [6.07, 6.45) is 2.92. The van der Waals surface area contributed by atoms with E-state index in [4.69, 9.17) is 5.11 Å². The van der Waals surface area contributed by atoms with Crippen LogP contribution in [0.25, 0.3) is 11.1 Å². The third kappa shape index (κ3) is 1.74. The number of aromatic nitrogens is 1. The standard InChI is InChI=1S/C11H8FNO2/c12-8-3-1-2-7(4-8)9-5-13-6-10(9)11(14)15/h1-6,13H,(H,14,15). The molecule has 2 N–H and O–H groups in total. The summed E-state index contributed by atoms with van der Waals surface area (Å²) in [6, 6.07) is 5.83. The van der Waals surface area contributed by atoms with Crippen molar-refractivity contribution >= 4 is 5.97 Å². The quantitative estimate of drug-likeness (QED) is 0.791. The van der Waals surface area contributed by atoms with Crippen LogP contribution in [-0.4, -0.2) is 16.1 Å². The zero-order valence-electron chi connectivity index (χ0n) is 7.70. The Morgan fingerprint density at radius 2 is 2.13 bits per heavy atom. The zero-order valence-corrected chi connectivity index (χ0v) is 7.70. The average Bonchev–Trinajstić information content (AvgIpc) is 2.65. The number of H-pyrrole nitrogens is 1. The van der Waals surface area contributed by atoms with Crippen molar-refractivity contribution in [1.82, 2.24) is 4.98 Å². The fourth-order valence-electron chi connectivity index (χ4n) is 1.44. The van der Waals surface area contributed by atoms with Crippen LogP contribution in [-0.2, 0) is 0 Å². The largest absolute Gasteiger partial charge is 0.478 e. The molecule has 0 aliphatic carbocycles. The van der Waals surface area contributed by atoms with Crippen molar-refractivity contribution in [3.05, 3.63) is 48.0 Å². The Labute approximate surface area is 85.2 Å². The molecule has 0 spiro atoms. The average molecular weight is 205 g/mol. The molecule has 0 saturated carbocycles. The molecule has 1 heterocycles. The SMILES string of the molecule is O=C(O)c1c[nH]cc1-c1cccc(F)c1. The first-order chi connectivity index (χ1) is 7.18. The van der Waals surface area contributed by atoms with Crippen molar-refractivity contribution in [3.8, 4) is 11.1 Å². The second kappa shape index (κ2) is 3.57. The Bertz CT molecular complexity index is 505. The van der Waals surface area contributed by atoms with Crippen LogP contribution >= 0.6 is 0 Å². The van der Waals surface area contributed by atoms with E-state index >= 15 is 0 Å². The fourth-order valence-corrected chi connectivity index (χ4v) is 1.44. The van der Waals surface area contributed by atoms with Crippen LogP contribution in [0.4, 0.5) is 4.39 Å². The molecule has 2 aromatic rings. The molecule has 0 aliphatic heterocycles. The minimum absolute atomic E-state index is 0.139. The van der Waals surface area contributed by atoms with Crippen LogP contribution in [0.2, 0.25) is 0 Å². The van der Waals surface area contributed by atoms with Crippen molar-refractivity contribution in [1.29, 1.82) is 0 Å². The Hall–Kier alpha value is -2.10. The van der Waals surface area contributed by atoms with Gasteiger partial charge in [0.1, 0.15) is 5.82 Å². The minimum Gasteiger partial charge on any atom is -0.478 e. The van der Waals surface area contributed by atoms with Crippen LogP contribution in [0.5, 0.6) is 0 Å². The van der Waals surface area contributed by atoms with Gasteiger partial charge in [0.15, 0.2) is 0 Å². The summed E-state index contributed by atoms with van der Waals surface area (Å²) in [7, 11) is 0. The molecule has 76 valence electrons. The van der Waals surface area contributed by atoms with Crippen molar-refractivity contribution in [2.75, 3.05) is 0 Å². The summed E-state index contributed by atoms with van der Waals surface area (Å²) in [5, 5.41) is 8.87. The molecule has 0 radical (unpaired) electrons. The topological polar surface area (TPSA) is 53.1 Å². The molecule has 0 saturated heterocycles. The summed E-state index contributed by atoms with van der Waals surface area (Å²) in [6.45, 7) is 0. The highest BCUT2D eigenvalue weighted by Gasteiger charge is 2.12. The summed E-state index contributed by atoms with van der Waals surface area (Å²) >= 11 is 0. The molecule has 0 atom stereocenters. The summed E-state index contributed by atoms with van der Waals surface area (Å²) in [5.74, 6) is -1.42. The van der Waals surface area contributed by atoms with Crippen LogP contribution < -0.4 is 0 Å². The van der Waals surface area contributed by atoms with Crippen LogP contribution in [0, 0.1) is 5.82 Å². The normalized spacial score (nSPS) is 10.2. The van der Waals surface area contributed by atoms with Gasteiger partial charge in [-0.2, -0.15) is 0 Å². The molecule has 0 aliphatic rings. The number of carboxylic acid groups (broad SMARTS) is 1. The smallest absolute Gasteiger partial charge is 0.337 e. The fraction of sp³-hybridized carbons (Fsp3) is 0. The van der Waals surface area contributed by atoms with Gasteiger partial charge in [-0.1, -0.05) is 12.1 Å². The number of carboxylic acids is 1. The van der Waals surface area contributed by atoms with Gasteiger partial charge < -0.3 is 10.1 Å². The van der Waals surface area contributed by atoms with E-state index in [1.54, 1.807) is 12.1 Å². The summed E-state index contributed by atoms with van der Waals surface area (Å²) < 4.78 is 12.9. The summed E-state index contributed by atoms with van der Waals surface area (Å²) in [4.78, 5) is 13.5. The van der Waals surface area contributed by atoms with Gasteiger partial charge in [-0.3, -0.25) is 0 Å². The highest BCUT2D eigenvalue weighted by molar-refractivity contribution is 5.95. The van der Waals surface area contributed by atoms with E-state index in [2.05, 4.69) is 4.98 Å². The third-order valence-electron chi connectivity index (χ3n) is 2.11. The van der Waals surface area contributed by atoms with E-state index < -0.39 is 5.97 Å². The Morgan fingerprint density at radius 3 is 2.80 bits per heavy atom. The lowest BCUT2D eigenvalue weighted by atomic mass is 10.1. The van der Waals surface area contributed by atoms with Gasteiger partial charge in [0.05, 0.1) is 5.56 Å². The maximum absolute atomic E-state index is 12.9. The molecule has 3 nitrogen and oxygen atoms in total. The summed E-state index contributed by atoms with van der Waals surface area (Å²) in [5.41, 5.74) is 1.18. The first-order valence-electron chi connectivity index (χ1n) is 4.34. The number of aromatic amines is 1. The van der Waals surface area contributed by atoms with Crippen molar-refractivity contribution < 1.29 is 14.3 Å². The van der Waals surface area contributed by atoms with E-state index in [0.717, 1.165) is 0 Å². The minimum atomic E-state index is -1.03. The zero-order chi connectivity index (χ0) is 10.8. The molecular weight excluding hydrogens is 197 g/mol. The number of halogens is 1. The molecule has 0 fully saturated rings. The highest BCUT2D eigenvalue weighted by Crippen LogP contribution is 2.23. The number of nitrogens with one attached hydrogen (secondary N) is 1. The van der Waals surface area contributed by atoms with Gasteiger partial charge in [0.25, 0.3) is 0 Å². The first kappa shape index (κ1) is 9.45. The van der Waals surface area contributed by atoms with Gasteiger partial charge in [-0.15, -0.1) is 0 Å². The number of benzene rings is 1. The van der Waals surface area contributed by atoms with Crippen LogP contribution in [0.3, 0.4) is 0 Å². The number of hydrogen-bond donors (Lipinski definition) is 2. The molecule has 4 heteroatoms. The number of carbonyl (C=O) groups is 1.